The van der Waals surface area contributed by atoms with Gasteiger partial charge in [-0.05, 0) is 37.5 Å². The molecule has 2 heterocycles. The van der Waals surface area contributed by atoms with Gasteiger partial charge in [-0.15, -0.1) is 0 Å². The van der Waals surface area contributed by atoms with Gasteiger partial charge in [0.15, 0.2) is 0 Å². The average Bonchev–Trinajstić information content (AvgIpc) is 3.12. The van der Waals surface area contributed by atoms with Gasteiger partial charge in [-0.1, -0.05) is 42.8 Å². The number of imidazole rings is 1. The molecule has 2 amide bonds. The largest absolute Gasteiger partial charge is 0.395 e. The zero-order chi connectivity index (χ0) is 22.1. The lowest BCUT2D eigenvalue weighted by Crippen LogP contribution is -2.33. The molecular weight excluding hydrogens is 392 g/mol. The molecule has 0 saturated carbocycles. The maximum Gasteiger partial charge on any atom is 0.270 e. The van der Waals surface area contributed by atoms with E-state index in [4.69, 9.17) is 0 Å². The van der Waals surface area contributed by atoms with Crippen molar-refractivity contribution in [3.05, 3.63) is 71.7 Å². The minimum atomic E-state index is -0.135. The molecule has 7 nitrogen and oxygen atoms in total. The Hall–Kier alpha value is -3.19. The maximum absolute atomic E-state index is 12.6. The van der Waals surface area contributed by atoms with Gasteiger partial charge in [-0.3, -0.25) is 14.0 Å². The zero-order valence-electron chi connectivity index (χ0n) is 18.0. The Morgan fingerprint density at radius 2 is 1.84 bits per heavy atom. The minimum absolute atomic E-state index is 0.0447. The number of nitrogens with zero attached hydrogens (tertiary/aromatic N) is 3. The summed E-state index contributed by atoms with van der Waals surface area (Å²) in [6.45, 7) is 3.18. The van der Waals surface area contributed by atoms with Crippen molar-refractivity contribution >= 4 is 17.5 Å². The number of hydrogen-bond donors (Lipinski definition) is 2. The van der Waals surface area contributed by atoms with Crippen molar-refractivity contribution in [2.24, 2.45) is 0 Å². The second-order valence-electron chi connectivity index (χ2n) is 7.57. The number of carbonyl (C=O) groups is 2. The number of amides is 2. The lowest BCUT2D eigenvalue weighted by Gasteiger charge is -2.22. The van der Waals surface area contributed by atoms with Crippen LogP contribution in [0.5, 0.6) is 0 Å². The first-order valence-corrected chi connectivity index (χ1v) is 10.7. The number of aryl methyl sites for hydroxylation is 1. The van der Waals surface area contributed by atoms with Crippen molar-refractivity contribution in [1.82, 2.24) is 19.6 Å². The van der Waals surface area contributed by atoms with Crippen molar-refractivity contribution in [2.75, 3.05) is 19.7 Å². The highest BCUT2D eigenvalue weighted by Gasteiger charge is 2.16. The van der Waals surface area contributed by atoms with Gasteiger partial charge < -0.3 is 15.3 Å². The Kier molecular flexibility index (Phi) is 8.18. The van der Waals surface area contributed by atoms with E-state index in [1.54, 1.807) is 9.30 Å². The molecule has 0 aliphatic rings. The van der Waals surface area contributed by atoms with Crippen molar-refractivity contribution in [2.45, 2.75) is 39.2 Å². The number of aliphatic hydroxyl groups is 1. The van der Waals surface area contributed by atoms with Gasteiger partial charge in [0.2, 0.25) is 5.91 Å². The fourth-order valence-corrected chi connectivity index (χ4v) is 3.63. The number of carbonyl (C=O) groups excluding carboxylic acids is 2. The summed E-state index contributed by atoms with van der Waals surface area (Å²) in [7, 11) is 0. The third kappa shape index (κ3) is 6.15. The summed E-state index contributed by atoms with van der Waals surface area (Å²) >= 11 is 0. The smallest absolute Gasteiger partial charge is 0.270 e. The molecule has 0 unspecified atom stereocenters. The molecule has 0 atom stereocenters. The van der Waals surface area contributed by atoms with Crippen LogP contribution in [0.4, 0.5) is 0 Å². The molecule has 0 aliphatic heterocycles. The first-order chi connectivity index (χ1) is 15.1. The SMILES string of the molecule is Cc1nc2ccccn2c1C(=O)NCCCCCC(=O)N(CCO)Cc1ccccc1. The quantitative estimate of drug-likeness (QED) is 0.465. The number of benzene rings is 1. The lowest BCUT2D eigenvalue weighted by atomic mass is 10.1. The molecule has 3 rings (SSSR count). The van der Waals surface area contributed by atoms with E-state index < -0.39 is 0 Å². The van der Waals surface area contributed by atoms with Crippen LogP contribution in [0, 0.1) is 6.92 Å². The van der Waals surface area contributed by atoms with Crippen LogP contribution >= 0.6 is 0 Å². The third-order valence-corrected chi connectivity index (χ3v) is 5.21. The average molecular weight is 423 g/mol. The number of aliphatic hydroxyl groups excluding tert-OH is 1. The molecule has 1 aromatic carbocycles. The highest BCUT2D eigenvalue weighted by Crippen LogP contribution is 2.12. The predicted octanol–water partition coefficient (Wildman–Crippen LogP) is 2.95. The summed E-state index contributed by atoms with van der Waals surface area (Å²) in [6.07, 6.45) is 4.67. The van der Waals surface area contributed by atoms with Crippen LogP contribution in [0.3, 0.4) is 0 Å². The molecule has 0 bridgehead atoms. The molecule has 0 fully saturated rings. The zero-order valence-corrected chi connectivity index (χ0v) is 18.0. The van der Waals surface area contributed by atoms with Gasteiger partial charge in [0.1, 0.15) is 11.3 Å². The number of pyridine rings is 1. The summed E-state index contributed by atoms with van der Waals surface area (Å²) in [5.41, 5.74) is 3.07. The summed E-state index contributed by atoms with van der Waals surface area (Å²) in [5, 5.41) is 12.2. The Labute approximate surface area is 182 Å². The minimum Gasteiger partial charge on any atom is -0.395 e. The van der Waals surface area contributed by atoms with Crippen LogP contribution in [-0.2, 0) is 11.3 Å². The van der Waals surface area contributed by atoms with Crippen LogP contribution in [0.1, 0.15) is 47.4 Å². The Balaban J connectivity index is 1.39. The number of unbranched alkanes of at least 4 members (excludes halogenated alkanes) is 2. The molecule has 0 aliphatic carbocycles. The van der Waals surface area contributed by atoms with E-state index in [0.717, 1.165) is 30.5 Å². The second kappa shape index (κ2) is 11.3. The van der Waals surface area contributed by atoms with Gasteiger partial charge in [0.25, 0.3) is 5.91 Å². The number of nitrogens with one attached hydrogen (secondary N) is 1. The molecule has 31 heavy (non-hydrogen) atoms. The monoisotopic (exact) mass is 422 g/mol. The maximum atomic E-state index is 12.6. The van der Waals surface area contributed by atoms with E-state index in [9.17, 15) is 14.7 Å². The molecular formula is C24H30N4O3. The van der Waals surface area contributed by atoms with E-state index in [0.29, 0.717) is 37.4 Å². The van der Waals surface area contributed by atoms with Crippen molar-refractivity contribution in [3.8, 4) is 0 Å². The first kappa shape index (κ1) is 22.5. The third-order valence-electron chi connectivity index (χ3n) is 5.21. The van der Waals surface area contributed by atoms with Crippen molar-refractivity contribution in [3.63, 3.8) is 0 Å². The van der Waals surface area contributed by atoms with Crippen LogP contribution in [0.25, 0.3) is 5.65 Å². The lowest BCUT2D eigenvalue weighted by molar-refractivity contribution is -0.132. The summed E-state index contributed by atoms with van der Waals surface area (Å²) in [6, 6.07) is 15.4. The van der Waals surface area contributed by atoms with E-state index >= 15 is 0 Å². The Morgan fingerprint density at radius 1 is 1.06 bits per heavy atom. The molecule has 2 N–H and O–H groups in total. The number of hydrogen-bond acceptors (Lipinski definition) is 4. The molecule has 7 heteroatoms. The number of fused-ring (bicyclic) bond motifs is 1. The van der Waals surface area contributed by atoms with Crippen LogP contribution < -0.4 is 5.32 Å². The van der Waals surface area contributed by atoms with Gasteiger partial charge in [0.05, 0.1) is 12.3 Å². The topological polar surface area (TPSA) is 86.9 Å². The second-order valence-corrected chi connectivity index (χ2v) is 7.57. The van der Waals surface area contributed by atoms with Gasteiger partial charge in [0, 0.05) is 32.3 Å². The molecule has 2 aromatic heterocycles. The first-order valence-electron chi connectivity index (χ1n) is 10.7. The molecule has 3 aromatic rings. The molecule has 0 saturated heterocycles. The highest BCUT2D eigenvalue weighted by atomic mass is 16.3. The predicted molar refractivity (Wildman–Crippen MR) is 120 cm³/mol. The summed E-state index contributed by atoms with van der Waals surface area (Å²) in [4.78, 5) is 31.2. The normalized spacial score (nSPS) is 10.9. The van der Waals surface area contributed by atoms with E-state index in [1.807, 2.05) is 61.7 Å². The van der Waals surface area contributed by atoms with Crippen molar-refractivity contribution in [1.29, 1.82) is 0 Å². The summed E-state index contributed by atoms with van der Waals surface area (Å²) in [5.74, 6) is -0.0902. The standard InChI is InChI=1S/C24H30N4O3/c1-19-23(28-15-9-7-12-21(28)26-19)24(31)25-14-8-3-6-13-22(30)27(16-17-29)18-20-10-4-2-5-11-20/h2,4-5,7,9-12,15,29H,3,6,8,13-14,16-18H2,1H3,(H,25,31). The van der Waals surface area contributed by atoms with Gasteiger partial charge >= 0.3 is 0 Å². The Bertz CT molecular complexity index is 1000. The van der Waals surface area contributed by atoms with Crippen molar-refractivity contribution < 1.29 is 14.7 Å². The fraction of sp³-hybridized carbons (Fsp3) is 0.375. The van der Waals surface area contributed by atoms with Crippen LogP contribution in [-0.4, -0.2) is 50.9 Å². The van der Waals surface area contributed by atoms with E-state index in [-0.39, 0.29) is 18.4 Å². The molecule has 0 radical (unpaired) electrons. The van der Waals surface area contributed by atoms with Crippen LogP contribution in [0.2, 0.25) is 0 Å². The van der Waals surface area contributed by atoms with Gasteiger partial charge in [-0.2, -0.15) is 0 Å². The summed E-state index contributed by atoms with van der Waals surface area (Å²) < 4.78 is 1.80. The highest BCUT2D eigenvalue weighted by molar-refractivity contribution is 5.94. The van der Waals surface area contributed by atoms with E-state index in [2.05, 4.69) is 10.3 Å². The Morgan fingerprint density at radius 3 is 2.61 bits per heavy atom. The fourth-order valence-electron chi connectivity index (χ4n) is 3.63. The number of rotatable bonds is 11. The molecule has 0 spiro atoms. The molecule has 164 valence electrons. The van der Waals surface area contributed by atoms with E-state index in [1.165, 1.54) is 0 Å². The van der Waals surface area contributed by atoms with Gasteiger partial charge in [-0.25, -0.2) is 4.98 Å². The van der Waals surface area contributed by atoms with Crippen LogP contribution in [0.15, 0.2) is 54.7 Å². The number of aromatic nitrogens is 2.